The molecule has 0 aliphatic heterocycles. The van der Waals surface area contributed by atoms with E-state index in [1.54, 1.807) is 14.0 Å². The molecule has 0 spiro atoms. The van der Waals surface area contributed by atoms with Gasteiger partial charge in [0, 0.05) is 25.3 Å². The van der Waals surface area contributed by atoms with E-state index in [-0.39, 0.29) is 0 Å². The Morgan fingerprint density at radius 3 is 2.76 bits per heavy atom. The number of nitrogens with one attached hydrogen (secondary N) is 1. The van der Waals surface area contributed by atoms with Gasteiger partial charge in [0.15, 0.2) is 0 Å². The van der Waals surface area contributed by atoms with Crippen molar-refractivity contribution in [1.29, 1.82) is 0 Å². The van der Waals surface area contributed by atoms with Gasteiger partial charge in [-0.2, -0.15) is 0 Å². The Morgan fingerprint density at radius 2 is 2.19 bits per heavy atom. The minimum Gasteiger partial charge on any atom is -0.497 e. The van der Waals surface area contributed by atoms with Gasteiger partial charge in [0.25, 0.3) is 0 Å². The third-order valence-corrected chi connectivity index (χ3v) is 3.70. The van der Waals surface area contributed by atoms with Crippen LogP contribution in [-0.2, 0) is 4.79 Å². The van der Waals surface area contributed by atoms with E-state index in [0.29, 0.717) is 13.0 Å². The van der Waals surface area contributed by atoms with E-state index >= 15 is 0 Å². The number of rotatable bonds is 9. The molecule has 5 nitrogen and oxygen atoms in total. The van der Waals surface area contributed by atoms with E-state index in [1.165, 1.54) is 0 Å². The highest BCUT2D eigenvalue weighted by atomic mass is 16.5. The molecule has 1 unspecified atom stereocenters. The quantitative estimate of drug-likeness (QED) is 0.732. The normalized spacial score (nSPS) is 13.5. The number of benzene rings is 1. The maximum atomic E-state index is 11.3. The summed E-state index contributed by atoms with van der Waals surface area (Å²) in [5, 5.41) is 12.4. The van der Waals surface area contributed by atoms with Gasteiger partial charge in [-0.3, -0.25) is 4.79 Å². The van der Waals surface area contributed by atoms with Gasteiger partial charge >= 0.3 is 5.97 Å². The lowest BCUT2D eigenvalue weighted by Crippen LogP contribution is -2.49. The summed E-state index contributed by atoms with van der Waals surface area (Å²) in [4.78, 5) is 13.5. The Balaban J connectivity index is 2.56. The fraction of sp³-hybridized carbons (Fsp3) is 0.562. The van der Waals surface area contributed by atoms with Crippen molar-refractivity contribution in [3.05, 3.63) is 24.3 Å². The van der Waals surface area contributed by atoms with Crippen LogP contribution in [0.25, 0.3) is 0 Å². The first-order chi connectivity index (χ1) is 9.92. The van der Waals surface area contributed by atoms with Crippen LogP contribution in [0.1, 0.15) is 26.7 Å². The van der Waals surface area contributed by atoms with E-state index < -0.39 is 11.5 Å². The molecule has 0 amide bonds. The van der Waals surface area contributed by atoms with Crippen LogP contribution >= 0.6 is 0 Å². The first-order valence-corrected chi connectivity index (χ1v) is 7.26. The summed E-state index contributed by atoms with van der Waals surface area (Å²) in [7, 11) is 3.65. The minimum absolute atomic E-state index is 0.588. The van der Waals surface area contributed by atoms with Crippen LogP contribution in [0.5, 0.6) is 5.75 Å². The first-order valence-electron chi connectivity index (χ1n) is 7.26. The zero-order chi connectivity index (χ0) is 15.9. The number of hydrogen-bond acceptors (Lipinski definition) is 4. The lowest BCUT2D eigenvalue weighted by Gasteiger charge is -2.27. The van der Waals surface area contributed by atoms with Crippen molar-refractivity contribution in [3.8, 4) is 5.75 Å². The Labute approximate surface area is 126 Å². The maximum absolute atomic E-state index is 11.3. The number of nitrogens with zero attached hydrogens (tertiary/aromatic N) is 1. The molecule has 1 atom stereocenters. The molecule has 0 radical (unpaired) electrons. The van der Waals surface area contributed by atoms with E-state index in [0.717, 1.165) is 24.4 Å². The number of carboxylic acid groups (broad SMARTS) is 1. The standard InChI is InChI=1S/C16H26N2O3/c1-5-17-16(2,15(19)20)10-7-11-18(3)13-8-6-9-14(12-13)21-4/h6,8-9,12,17H,5,7,10-11H2,1-4H3,(H,19,20). The third-order valence-electron chi connectivity index (χ3n) is 3.70. The molecule has 0 saturated heterocycles. The Kier molecular flexibility index (Phi) is 6.49. The fourth-order valence-electron chi connectivity index (χ4n) is 2.31. The number of methoxy groups -OCH3 is 1. The number of aliphatic carboxylic acids is 1. The van der Waals surface area contributed by atoms with E-state index in [4.69, 9.17) is 4.74 Å². The Morgan fingerprint density at radius 1 is 1.48 bits per heavy atom. The summed E-state index contributed by atoms with van der Waals surface area (Å²) in [6.45, 7) is 5.10. The first kappa shape index (κ1) is 17.3. The number of carboxylic acids is 1. The van der Waals surface area contributed by atoms with Gasteiger partial charge in [-0.15, -0.1) is 0 Å². The number of ether oxygens (including phenoxy) is 1. The van der Waals surface area contributed by atoms with Gasteiger partial charge in [-0.05, 0) is 38.4 Å². The van der Waals surface area contributed by atoms with Crippen molar-refractivity contribution in [2.75, 3.05) is 32.1 Å². The van der Waals surface area contributed by atoms with E-state index in [9.17, 15) is 9.90 Å². The van der Waals surface area contributed by atoms with Crippen LogP contribution in [0, 0.1) is 0 Å². The molecule has 5 heteroatoms. The van der Waals surface area contributed by atoms with E-state index in [1.807, 2.05) is 38.2 Å². The molecule has 0 fully saturated rings. The summed E-state index contributed by atoms with van der Waals surface area (Å²) >= 11 is 0. The number of hydrogen-bond donors (Lipinski definition) is 2. The topological polar surface area (TPSA) is 61.8 Å². The third kappa shape index (κ3) is 4.93. The Bertz CT molecular complexity index is 465. The number of carbonyl (C=O) groups is 1. The highest BCUT2D eigenvalue weighted by Gasteiger charge is 2.31. The van der Waals surface area contributed by atoms with Crippen molar-refractivity contribution in [3.63, 3.8) is 0 Å². The second kappa shape index (κ2) is 7.88. The van der Waals surface area contributed by atoms with Gasteiger partial charge in [-0.1, -0.05) is 13.0 Å². The zero-order valence-corrected chi connectivity index (χ0v) is 13.3. The highest BCUT2D eigenvalue weighted by Crippen LogP contribution is 2.21. The molecule has 0 heterocycles. The predicted octanol–water partition coefficient (Wildman–Crippen LogP) is 2.36. The van der Waals surface area contributed by atoms with Gasteiger partial charge < -0.3 is 20.1 Å². The van der Waals surface area contributed by atoms with Crippen molar-refractivity contribution in [1.82, 2.24) is 5.32 Å². The van der Waals surface area contributed by atoms with Gasteiger partial charge in [0.2, 0.25) is 0 Å². The summed E-state index contributed by atoms with van der Waals surface area (Å²) in [6, 6.07) is 7.85. The summed E-state index contributed by atoms with van der Waals surface area (Å²) in [5.41, 5.74) is 0.207. The van der Waals surface area contributed by atoms with Crippen LogP contribution in [0.3, 0.4) is 0 Å². The Hall–Kier alpha value is -1.75. The molecule has 0 aliphatic carbocycles. The average molecular weight is 294 g/mol. The van der Waals surface area contributed by atoms with E-state index in [2.05, 4.69) is 10.2 Å². The van der Waals surface area contributed by atoms with Crippen LogP contribution < -0.4 is 15.0 Å². The largest absolute Gasteiger partial charge is 0.497 e. The highest BCUT2D eigenvalue weighted by molar-refractivity contribution is 5.78. The van der Waals surface area contributed by atoms with Crippen LogP contribution in [0.4, 0.5) is 5.69 Å². The van der Waals surface area contributed by atoms with Crippen molar-refractivity contribution in [2.24, 2.45) is 0 Å². The molecule has 0 aliphatic rings. The average Bonchev–Trinajstić information content (AvgIpc) is 2.47. The summed E-state index contributed by atoms with van der Waals surface area (Å²) in [5.74, 6) is 0.0238. The molecule has 1 aromatic carbocycles. The molecule has 1 aromatic rings. The predicted molar refractivity (Wildman–Crippen MR) is 85.2 cm³/mol. The molecule has 0 bridgehead atoms. The van der Waals surface area contributed by atoms with Crippen LogP contribution in [0.2, 0.25) is 0 Å². The smallest absolute Gasteiger partial charge is 0.323 e. The van der Waals surface area contributed by atoms with Crippen molar-refractivity contribution in [2.45, 2.75) is 32.2 Å². The lowest BCUT2D eigenvalue weighted by atomic mass is 9.95. The molecule has 21 heavy (non-hydrogen) atoms. The molecular weight excluding hydrogens is 268 g/mol. The van der Waals surface area contributed by atoms with Gasteiger partial charge in [0.1, 0.15) is 11.3 Å². The summed E-state index contributed by atoms with van der Waals surface area (Å²) < 4.78 is 5.21. The van der Waals surface area contributed by atoms with Gasteiger partial charge in [-0.25, -0.2) is 0 Å². The lowest BCUT2D eigenvalue weighted by molar-refractivity contribution is -0.144. The van der Waals surface area contributed by atoms with Crippen molar-refractivity contribution >= 4 is 11.7 Å². The molecule has 118 valence electrons. The van der Waals surface area contributed by atoms with Crippen LogP contribution in [-0.4, -0.2) is 43.9 Å². The second-order valence-corrected chi connectivity index (χ2v) is 5.39. The van der Waals surface area contributed by atoms with Crippen molar-refractivity contribution < 1.29 is 14.6 Å². The molecular formula is C16H26N2O3. The summed E-state index contributed by atoms with van der Waals surface area (Å²) in [6.07, 6.45) is 1.38. The monoisotopic (exact) mass is 294 g/mol. The second-order valence-electron chi connectivity index (χ2n) is 5.39. The minimum atomic E-state index is -0.857. The number of likely N-dealkylation sites (N-methyl/N-ethyl adjacent to an activating group) is 1. The molecule has 1 rings (SSSR count). The van der Waals surface area contributed by atoms with Gasteiger partial charge in [0.05, 0.1) is 7.11 Å². The molecule has 0 saturated carbocycles. The molecule has 0 aromatic heterocycles. The van der Waals surface area contributed by atoms with Crippen LogP contribution in [0.15, 0.2) is 24.3 Å². The fourth-order valence-corrected chi connectivity index (χ4v) is 2.31. The zero-order valence-electron chi connectivity index (χ0n) is 13.3. The molecule has 2 N–H and O–H groups in total. The number of anilines is 1. The maximum Gasteiger partial charge on any atom is 0.323 e. The SMILES string of the molecule is CCNC(C)(CCCN(C)c1cccc(OC)c1)C(=O)O.